The zero-order valence-corrected chi connectivity index (χ0v) is 20.8. The van der Waals surface area contributed by atoms with E-state index < -0.39 is 0 Å². The van der Waals surface area contributed by atoms with Crippen molar-refractivity contribution in [2.45, 2.75) is 39.5 Å². The van der Waals surface area contributed by atoms with E-state index in [2.05, 4.69) is 69.3 Å². The highest BCUT2D eigenvalue weighted by molar-refractivity contribution is 6.06. The van der Waals surface area contributed by atoms with Crippen molar-refractivity contribution in [2.24, 2.45) is 5.92 Å². The summed E-state index contributed by atoms with van der Waals surface area (Å²) in [6.45, 7) is 9.23. The summed E-state index contributed by atoms with van der Waals surface area (Å²) in [5.74, 6) is 2.22. The highest BCUT2D eigenvalue weighted by Gasteiger charge is 2.19. The van der Waals surface area contributed by atoms with Gasteiger partial charge in [-0.2, -0.15) is 0 Å². The Kier molecular flexibility index (Phi) is 7.29. The van der Waals surface area contributed by atoms with Gasteiger partial charge in [-0.25, -0.2) is 19.9 Å². The molecule has 0 radical (unpaired) electrons. The molecule has 180 valence electrons. The number of aromatic nitrogens is 5. The van der Waals surface area contributed by atoms with Crippen molar-refractivity contribution in [3.63, 3.8) is 0 Å². The number of pyridine rings is 1. The fraction of sp³-hybridized carbons (Fsp3) is 0.333. The second kappa shape index (κ2) is 10.5. The summed E-state index contributed by atoms with van der Waals surface area (Å²) >= 11 is 0. The number of fused-ring (bicyclic) bond motifs is 1. The van der Waals surface area contributed by atoms with Crippen molar-refractivity contribution in [1.82, 2.24) is 30.2 Å². The monoisotopic (exact) mass is 469 g/mol. The average Bonchev–Trinajstić information content (AvgIpc) is 2.90. The highest BCUT2D eigenvalue weighted by Crippen LogP contribution is 2.31. The van der Waals surface area contributed by atoms with Crippen molar-refractivity contribution in [2.75, 3.05) is 18.9 Å². The van der Waals surface area contributed by atoms with Crippen LogP contribution in [0.25, 0.3) is 22.2 Å². The first-order valence-electron chi connectivity index (χ1n) is 11.9. The zero-order chi connectivity index (χ0) is 24.9. The first kappa shape index (κ1) is 24.2. The summed E-state index contributed by atoms with van der Waals surface area (Å²) in [5.41, 5.74) is 4.25. The van der Waals surface area contributed by atoms with Gasteiger partial charge in [0.05, 0.1) is 16.8 Å². The van der Waals surface area contributed by atoms with Crippen LogP contribution in [0.4, 0.5) is 5.82 Å². The molecule has 8 nitrogen and oxygen atoms in total. The lowest BCUT2D eigenvalue weighted by atomic mass is 9.87. The van der Waals surface area contributed by atoms with E-state index >= 15 is 0 Å². The Labute approximate surface area is 205 Å². The number of hydrogen-bond acceptors (Lipinski definition) is 7. The topological polar surface area (TPSA) is 106 Å². The number of para-hydroxylation sites is 1. The third kappa shape index (κ3) is 5.26. The molecule has 0 saturated heterocycles. The lowest BCUT2D eigenvalue weighted by molar-refractivity contribution is 0.0964. The maximum absolute atomic E-state index is 12.3. The highest BCUT2D eigenvalue weighted by atomic mass is 16.1. The van der Waals surface area contributed by atoms with E-state index in [-0.39, 0.29) is 23.7 Å². The zero-order valence-electron chi connectivity index (χ0n) is 20.8. The number of rotatable bonds is 8. The van der Waals surface area contributed by atoms with E-state index in [4.69, 9.17) is 0 Å². The Bertz CT molecular complexity index is 1320. The van der Waals surface area contributed by atoms with E-state index in [1.54, 1.807) is 38.0 Å². The van der Waals surface area contributed by atoms with Crippen molar-refractivity contribution < 1.29 is 4.79 Å². The molecule has 4 rings (SSSR count). The first-order valence-corrected chi connectivity index (χ1v) is 11.9. The van der Waals surface area contributed by atoms with Gasteiger partial charge in [0.25, 0.3) is 5.91 Å². The molecule has 0 aliphatic carbocycles. The molecule has 0 bridgehead atoms. The SMILES string of the molecule is CNC(=O)c1ccnc2c(C(C)C(C)CNc3cc(-c4cnc(C(C)C)nc4)ncn3)cccc12. The molecule has 2 N–H and O–H groups in total. The van der Waals surface area contributed by atoms with Crippen LogP contribution in [0.15, 0.2) is 55.2 Å². The summed E-state index contributed by atoms with van der Waals surface area (Å²) in [7, 11) is 1.64. The van der Waals surface area contributed by atoms with E-state index in [9.17, 15) is 4.79 Å². The molecule has 1 amide bonds. The lowest BCUT2D eigenvalue weighted by Crippen LogP contribution is -2.19. The van der Waals surface area contributed by atoms with Crippen LogP contribution >= 0.6 is 0 Å². The molecule has 0 fully saturated rings. The van der Waals surface area contributed by atoms with Crippen molar-refractivity contribution in [3.05, 3.63) is 72.2 Å². The Morgan fingerprint density at radius 2 is 1.74 bits per heavy atom. The number of amides is 1. The molecule has 0 spiro atoms. The second-order valence-corrected chi connectivity index (χ2v) is 9.10. The van der Waals surface area contributed by atoms with Gasteiger partial charge in [-0.1, -0.05) is 45.9 Å². The van der Waals surface area contributed by atoms with Crippen LogP contribution in [0.2, 0.25) is 0 Å². The Balaban J connectivity index is 1.49. The molecule has 1 aromatic carbocycles. The summed E-state index contributed by atoms with van der Waals surface area (Å²) in [4.78, 5) is 34.6. The summed E-state index contributed by atoms with van der Waals surface area (Å²) in [6.07, 6.45) is 6.86. The minimum atomic E-state index is -0.110. The van der Waals surface area contributed by atoms with Crippen molar-refractivity contribution in [3.8, 4) is 11.3 Å². The molecule has 4 aromatic rings. The van der Waals surface area contributed by atoms with Crippen LogP contribution < -0.4 is 10.6 Å². The molecule has 0 saturated carbocycles. The van der Waals surface area contributed by atoms with Gasteiger partial charge in [-0.3, -0.25) is 9.78 Å². The Morgan fingerprint density at radius 1 is 0.971 bits per heavy atom. The van der Waals surface area contributed by atoms with Crippen LogP contribution in [0.3, 0.4) is 0 Å². The van der Waals surface area contributed by atoms with E-state index in [0.717, 1.165) is 39.4 Å². The molecule has 0 aliphatic heterocycles. The smallest absolute Gasteiger partial charge is 0.251 e. The third-order valence-electron chi connectivity index (χ3n) is 6.37. The number of carbonyl (C=O) groups excluding carboxylic acids is 1. The molecule has 2 atom stereocenters. The lowest BCUT2D eigenvalue weighted by Gasteiger charge is -2.22. The predicted molar refractivity (Wildman–Crippen MR) is 138 cm³/mol. The molecule has 35 heavy (non-hydrogen) atoms. The van der Waals surface area contributed by atoms with Crippen molar-refractivity contribution >= 4 is 22.6 Å². The van der Waals surface area contributed by atoms with Gasteiger partial charge in [-0.05, 0) is 23.5 Å². The fourth-order valence-electron chi connectivity index (χ4n) is 4.03. The van der Waals surface area contributed by atoms with Crippen molar-refractivity contribution in [1.29, 1.82) is 0 Å². The number of nitrogens with one attached hydrogen (secondary N) is 2. The van der Waals surface area contributed by atoms with E-state index in [0.29, 0.717) is 12.1 Å². The number of anilines is 1. The van der Waals surface area contributed by atoms with Crippen LogP contribution in [-0.2, 0) is 0 Å². The van der Waals surface area contributed by atoms with Gasteiger partial charge in [0, 0.05) is 55.1 Å². The van der Waals surface area contributed by atoms with Crippen LogP contribution in [0.5, 0.6) is 0 Å². The molecule has 3 heterocycles. The van der Waals surface area contributed by atoms with Crippen LogP contribution in [0, 0.1) is 5.92 Å². The average molecular weight is 470 g/mol. The summed E-state index contributed by atoms with van der Waals surface area (Å²) in [6, 6.07) is 9.71. The van der Waals surface area contributed by atoms with Crippen LogP contribution in [-0.4, -0.2) is 44.4 Å². The summed E-state index contributed by atoms with van der Waals surface area (Å²) in [5, 5.41) is 7.02. The Hall–Kier alpha value is -3.94. The van der Waals surface area contributed by atoms with Crippen LogP contribution in [0.1, 0.15) is 61.3 Å². The van der Waals surface area contributed by atoms with Gasteiger partial charge < -0.3 is 10.6 Å². The normalized spacial score (nSPS) is 13.0. The minimum Gasteiger partial charge on any atom is -0.370 e. The largest absolute Gasteiger partial charge is 0.370 e. The maximum atomic E-state index is 12.3. The van der Waals surface area contributed by atoms with Gasteiger partial charge in [0.15, 0.2) is 0 Å². The van der Waals surface area contributed by atoms with Gasteiger partial charge in [0.2, 0.25) is 0 Å². The molecular weight excluding hydrogens is 438 g/mol. The molecular formula is C27H31N7O. The maximum Gasteiger partial charge on any atom is 0.251 e. The van der Waals surface area contributed by atoms with Gasteiger partial charge in [-0.15, -0.1) is 0 Å². The summed E-state index contributed by atoms with van der Waals surface area (Å²) < 4.78 is 0. The molecule has 3 aromatic heterocycles. The molecule has 0 aliphatic rings. The number of hydrogen-bond donors (Lipinski definition) is 2. The van der Waals surface area contributed by atoms with E-state index in [1.807, 2.05) is 18.2 Å². The number of nitrogens with zero attached hydrogens (tertiary/aromatic N) is 5. The molecule has 8 heteroatoms. The Morgan fingerprint density at radius 3 is 2.46 bits per heavy atom. The standard InChI is InChI=1S/C27H31N7O/c1-16(2)26-31-13-19(14-32-26)23-11-24(34-15-33-23)30-12-17(3)18(4)20-7-6-8-21-22(27(35)28-5)9-10-29-25(20)21/h6-11,13-18H,12H2,1-5H3,(H,28,35)(H,30,33,34). The first-order chi connectivity index (χ1) is 16.9. The van der Waals surface area contributed by atoms with Gasteiger partial charge >= 0.3 is 0 Å². The number of benzene rings is 1. The minimum absolute atomic E-state index is 0.110. The second-order valence-electron chi connectivity index (χ2n) is 9.10. The van der Waals surface area contributed by atoms with Gasteiger partial charge in [0.1, 0.15) is 18.0 Å². The van der Waals surface area contributed by atoms with E-state index in [1.165, 1.54) is 0 Å². The molecule has 2 unspecified atom stereocenters. The predicted octanol–water partition coefficient (Wildman–Crippen LogP) is 4.82. The quantitative estimate of drug-likeness (QED) is 0.381. The fourth-order valence-corrected chi connectivity index (χ4v) is 4.03. The third-order valence-corrected chi connectivity index (χ3v) is 6.37. The number of carbonyl (C=O) groups is 1.